The van der Waals surface area contributed by atoms with Crippen LogP contribution in [-0.2, 0) is 5.54 Å². The van der Waals surface area contributed by atoms with E-state index in [1.807, 2.05) is 24.9 Å². The maximum absolute atomic E-state index is 4.37. The quantitative estimate of drug-likeness (QED) is 0.668. The van der Waals surface area contributed by atoms with Gasteiger partial charge in [0.25, 0.3) is 0 Å². The second kappa shape index (κ2) is 6.27. The Bertz CT molecular complexity index is 595. The van der Waals surface area contributed by atoms with Gasteiger partial charge in [-0.15, -0.1) is 11.8 Å². The summed E-state index contributed by atoms with van der Waals surface area (Å²) in [5.41, 5.74) is 4.80. The van der Waals surface area contributed by atoms with Gasteiger partial charge in [0.05, 0.1) is 11.2 Å². The van der Waals surface area contributed by atoms with Crippen LogP contribution in [0.4, 0.5) is 0 Å². The van der Waals surface area contributed by atoms with Crippen LogP contribution >= 0.6 is 11.8 Å². The van der Waals surface area contributed by atoms with Crippen LogP contribution in [0.1, 0.15) is 57.0 Å². The van der Waals surface area contributed by atoms with Gasteiger partial charge in [-0.1, -0.05) is 33.4 Å². The summed E-state index contributed by atoms with van der Waals surface area (Å²) in [7, 11) is 0. The third-order valence-electron chi connectivity index (χ3n) is 4.36. The van der Waals surface area contributed by atoms with Crippen LogP contribution in [0.25, 0.3) is 4.91 Å². The zero-order valence-corrected chi connectivity index (χ0v) is 14.5. The molecule has 0 N–H and O–H groups in total. The molecule has 1 aromatic rings. The van der Waals surface area contributed by atoms with Gasteiger partial charge in [-0.05, 0) is 32.8 Å². The highest BCUT2D eigenvalue weighted by atomic mass is 32.2. The normalized spacial score (nSPS) is 21.8. The summed E-state index contributed by atoms with van der Waals surface area (Å²) >= 11 is 1.90. The number of thioether (sulfide) groups is 1. The van der Waals surface area contributed by atoms with Crippen LogP contribution in [0.3, 0.4) is 0 Å². The Morgan fingerprint density at radius 1 is 1.52 bits per heavy atom. The molecule has 0 aromatic carbocycles. The lowest BCUT2D eigenvalue weighted by Crippen LogP contribution is -2.39. The van der Waals surface area contributed by atoms with Crippen LogP contribution in [0.2, 0.25) is 0 Å². The molecule has 2 rings (SSSR count). The highest BCUT2D eigenvalue weighted by Gasteiger charge is 2.37. The van der Waals surface area contributed by atoms with Crippen molar-refractivity contribution in [2.24, 2.45) is 4.99 Å². The maximum atomic E-state index is 4.37. The van der Waals surface area contributed by atoms with Gasteiger partial charge in [0.15, 0.2) is 0 Å². The number of hydrogen-bond acceptors (Lipinski definition) is 2. The first-order valence-electron chi connectivity index (χ1n) is 7.69. The third-order valence-corrected chi connectivity index (χ3v) is 5.60. The fourth-order valence-corrected chi connectivity index (χ4v) is 4.42. The molecule has 2 heterocycles. The van der Waals surface area contributed by atoms with Gasteiger partial charge in [-0.25, -0.2) is 0 Å². The van der Waals surface area contributed by atoms with E-state index in [1.165, 1.54) is 34.7 Å². The predicted octanol–water partition coefficient (Wildman–Crippen LogP) is 5.37. The van der Waals surface area contributed by atoms with Crippen molar-refractivity contribution in [3.8, 4) is 0 Å². The number of fused-ring (bicyclic) bond motifs is 1. The Balaban J connectivity index is 2.58. The minimum atomic E-state index is 0.218. The van der Waals surface area contributed by atoms with E-state index in [-0.39, 0.29) is 5.54 Å². The lowest BCUT2D eigenvalue weighted by molar-refractivity contribution is 0.279. The van der Waals surface area contributed by atoms with Crippen LogP contribution in [-0.4, -0.2) is 16.5 Å². The molecule has 1 unspecified atom stereocenters. The van der Waals surface area contributed by atoms with Crippen molar-refractivity contribution in [2.75, 3.05) is 5.75 Å². The molecule has 0 spiro atoms. The zero-order valence-electron chi connectivity index (χ0n) is 13.7. The van der Waals surface area contributed by atoms with Gasteiger partial charge in [0, 0.05) is 33.8 Å². The van der Waals surface area contributed by atoms with E-state index in [2.05, 4.69) is 49.6 Å². The molecule has 1 atom stereocenters. The third kappa shape index (κ3) is 2.89. The Morgan fingerprint density at radius 3 is 2.81 bits per heavy atom. The summed E-state index contributed by atoms with van der Waals surface area (Å²) in [4.78, 5) is 5.55. The summed E-state index contributed by atoms with van der Waals surface area (Å²) in [6.45, 7) is 16.8. The molecule has 1 aliphatic heterocycles. The summed E-state index contributed by atoms with van der Waals surface area (Å²) < 4.78 is 2.52. The number of hydrogen-bond donors (Lipinski definition) is 0. The number of allylic oxidation sites excluding steroid dienone is 1. The molecule has 1 aromatic heterocycles. The van der Waals surface area contributed by atoms with Gasteiger partial charge >= 0.3 is 0 Å². The Hall–Kier alpha value is -1.22. The Morgan fingerprint density at radius 2 is 2.24 bits per heavy atom. The van der Waals surface area contributed by atoms with Gasteiger partial charge in [-0.2, -0.15) is 0 Å². The van der Waals surface area contributed by atoms with Crippen LogP contribution in [0.5, 0.6) is 0 Å². The largest absolute Gasteiger partial charge is 0.337 e. The minimum absolute atomic E-state index is 0.218. The first-order chi connectivity index (χ1) is 9.95. The fourth-order valence-electron chi connectivity index (χ4n) is 3.20. The van der Waals surface area contributed by atoms with E-state index >= 15 is 0 Å². The van der Waals surface area contributed by atoms with Crippen LogP contribution in [0.15, 0.2) is 29.9 Å². The molecule has 0 bridgehead atoms. The van der Waals surface area contributed by atoms with Crippen LogP contribution < -0.4 is 0 Å². The molecule has 0 radical (unpaired) electrons. The number of aliphatic imine (C=N–C) groups is 1. The molecular formula is C18H26N2S. The SMILES string of the molecule is C=C(C)N=Cc1cc2n(c1C)C(CC)(CCC)CSC2=C. The van der Waals surface area contributed by atoms with Crippen molar-refractivity contribution < 1.29 is 0 Å². The molecule has 0 fully saturated rings. The second-order valence-electron chi connectivity index (χ2n) is 5.94. The van der Waals surface area contributed by atoms with E-state index in [4.69, 9.17) is 0 Å². The molecule has 0 aliphatic carbocycles. The van der Waals surface area contributed by atoms with E-state index in [1.54, 1.807) is 0 Å². The number of rotatable bonds is 5. The van der Waals surface area contributed by atoms with E-state index in [9.17, 15) is 0 Å². The van der Waals surface area contributed by atoms with Crippen molar-refractivity contribution >= 4 is 22.9 Å². The summed E-state index contributed by atoms with van der Waals surface area (Å²) in [5, 5.41) is 0. The first-order valence-corrected chi connectivity index (χ1v) is 8.68. The average Bonchev–Trinajstić information content (AvgIpc) is 2.79. The molecule has 2 nitrogen and oxygen atoms in total. The van der Waals surface area contributed by atoms with Crippen molar-refractivity contribution in [3.05, 3.63) is 41.9 Å². The molecule has 0 saturated carbocycles. The van der Waals surface area contributed by atoms with Crippen molar-refractivity contribution in [1.29, 1.82) is 0 Å². The Kier molecular flexibility index (Phi) is 4.82. The molecule has 1 aliphatic rings. The van der Waals surface area contributed by atoms with Gasteiger partial charge in [0.2, 0.25) is 0 Å². The average molecular weight is 302 g/mol. The van der Waals surface area contributed by atoms with Gasteiger partial charge in [-0.3, -0.25) is 4.99 Å². The topological polar surface area (TPSA) is 17.3 Å². The highest BCUT2D eigenvalue weighted by Crippen LogP contribution is 2.45. The van der Waals surface area contributed by atoms with Crippen LogP contribution in [0, 0.1) is 6.92 Å². The van der Waals surface area contributed by atoms with Crippen molar-refractivity contribution in [3.63, 3.8) is 0 Å². The fraction of sp³-hybridized carbons (Fsp3) is 0.500. The molecule has 21 heavy (non-hydrogen) atoms. The maximum Gasteiger partial charge on any atom is 0.0553 e. The first kappa shape index (κ1) is 16.2. The zero-order chi connectivity index (χ0) is 15.6. The van der Waals surface area contributed by atoms with E-state index in [0.29, 0.717) is 0 Å². The number of aromatic nitrogens is 1. The van der Waals surface area contributed by atoms with Crippen molar-refractivity contribution in [2.45, 2.75) is 52.5 Å². The molecule has 114 valence electrons. The predicted molar refractivity (Wildman–Crippen MR) is 96.2 cm³/mol. The molecular weight excluding hydrogens is 276 g/mol. The molecule has 3 heteroatoms. The second-order valence-corrected chi connectivity index (χ2v) is 7.01. The summed E-state index contributed by atoms with van der Waals surface area (Å²) in [6.07, 6.45) is 5.50. The van der Waals surface area contributed by atoms with Crippen molar-refractivity contribution in [1.82, 2.24) is 4.57 Å². The van der Waals surface area contributed by atoms with Gasteiger partial charge < -0.3 is 4.57 Å². The minimum Gasteiger partial charge on any atom is -0.337 e. The molecule has 0 saturated heterocycles. The molecule has 0 amide bonds. The standard InChI is InChI=1S/C18H26N2S/c1-7-9-18(8-2)12-21-15(6)17-10-16(11-19-13(3)4)14(5)20(17)18/h10-11H,3,6-9,12H2,1-2,4-5H3. The van der Waals surface area contributed by atoms with E-state index in [0.717, 1.165) is 17.9 Å². The summed E-state index contributed by atoms with van der Waals surface area (Å²) in [6, 6.07) is 2.23. The monoisotopic (exact) mass is 302 g/mol. The van der Waals surface area contributed by atoms with Gasteiger partial charge in [0.1, 0.15) is 0 Å². The lowest BCUT2D eigenvalue weighted by Gasteiger charge is -2.41. The van der Waals surface area contributed by atoms with E-state index < -0.39 is 0 Å². The highest BCUT2D eigenvalue weighted by molar-refractivity contribution is 8.08. The summed E-state index contributed by atoms with van der Waals surface area (Å²) in [5.74, 6) is 1.12. The smallest absolute Gasteiger partial charge is 0.0553 e. The number of nitrogens with zero attached hydrogens (tertiary/aromatic N) is 2. The Labute approximate surface area is 133 Å². The lowest BCUT2D eigenvalue weighted by atomic mass is 9.91.